The van der Waals surface area contributed by atoms with Crippen molar-refractivity contribution in [3.8, 4) is 0 Å². The standard InChI is InChI=1S/C16H27NO6/c1-5-22-15(20)10-12(18)7-8-14(19)17-13(9-11(3)4)16(21)23-6-2/h11,13H,5-10H2,1-4H3,(H,17,19). The second kappa shape index (κ2) is 11.6. The Kier molecular flexibility index (Phi) is 10.7. The zero-order valence-electron chi connectivity index (χ0n) is 14.3. The molecule has 0 radical (unpaired) electrons. The number of ether oxygens (including phenoxy) is 2. The zero-order chi connectivity index (χ0) is 17.8. The minimum Gasteiger partial charge on any atom is -0.466 e. The van der Waals surface area contributed by atoms with Gasteiger partial charge in [-0.3, -0.25) is 14.4 Å². The fraction of sp³-hybridized carbons (Fsp3) is 0.750. The van der Waals surface area contributed by atoms with Gasteiger partial charge in [0.15, 0.2) is 0 Å². The van der Waals surface area contributed by atoms with Crippen molar-refractivity contribution >= 4 is 23.6 Å². The Morgan fingerprint density at radius 2 is 1.57 bits per heavy atom. The molecule has 23 heavy (non-hydrogen) atoms. The molecule has 0 spiro atoms. The number of nitrogens with one attached hydrogen (secondary N) is 1. The van der Waals surface area contributed by atoms with E-state index in [1.165, 1.54) is 0 Å². The number of ketones is 1. The van der Waals surface area contributed by atoms with Crippen LogP contribution < -0.4 is 5.32 Å². The van der Waals surface area contributed by atoms with E-state index in [0.29, 0.717) is 6.42 Å². The number of rotatable bonds is 11. The first-order valence-electron chi connectivity index (χ1n) is 7.93. The van der Waals surface area contributed by atoms with Gasteiger partial charge in [0.1, 0.15) is 18.2 Å². The smallest absolute Gasteiger partial charge is 0.328 e. The first kappa shape index (κ1) is 21.1. The summed E-state index contributed by atoms with van der Waals surface area (Å²) >= 11 is 0. The quantitative estimate of drug-likeness (QED) is 0.454. The van der Waals surface area contributed by atoms with Crippen LogP contribution in [0.15, 0.2) is 0 Å². The van der Waals surface area contributed by atoms with E-state index in [2.05, 4.69) is 10.1 Å². The van der Waals surface area contributed by atoms with Gasteiger partial charge in [0, 0.05) is 12.8 Å². The highest BCUT2D eigenvalue weighted by Gasteiger charge is 2.23. The molecule has 132 valence electrons. The number of hydrogen-bond donors (Lipinski definition) is 1. The van der Waals surface area contributed by atoms with Crippen LogP contribution in [0.5, 0.6) is 0 Å². The minimum absolute atomic E-state index is 0.0676. The van der Waals surface area contributed by atoms with Gasteiger partial charge >= 0.3 is 11.9 Å². The molecule has 1 N–H and O–H groups in total. The van der Waals surface area contributed by atoms with Crippen molar-refractivity contribution in [3.05, 3.63) is 0 Å². The molecule has 1 atom stereocenters. The molecule has 0 aromatic heterocycles. The minimum atomic E-state index is -0.720. The molecule has 0 saturated carbocycles. The summed E-state index contributed by atoms with van der Waals surface area (Å²) in [5, 5.41) is 2.58. The molecule has 0 saturated heterocycles. The van der Waals surface area contributed by atoms with Crippen LogP contribution in [-0.4, -0.2) is 42.9 Å². The van der Waals surface area contributed by atoms with Crippen molar-refractivity contribution < 1.29 is 28.7 Å². The molecule has 7 nitrogen and oxygen atoms in total. The SMILES string of the molecule is CCOC(=O)CC(=O)CCC(=O)NC(CC(C)C)C(=O)OCC. The van der Waals surface area contributed by atoms with Gasteiger partial charge < -0.3 is 14.8 Å². The second-order valence-corrected chi connectivity index (χ2v) is 5.52. The highest BCUT2D eigenvalue weighted by Crippen LogP contribution is 2.07. The van der Waals surface area contributed by atoms with Crippen LogP contribution in [0.2, 0.25) is 0 Å². The number of hydrogen-bond acceptors (Lipinski definition) is 6. The predicted molar refractivity (Wildman–Crippen MR) is 83.5 cm³/mol. The summed E-state index contributed by atoms with van der Waals surface area (Å²) in [6.07, 6.45) is -0.0239. The molecule has 0 heterocycles. The summed E-state index contributed by atoms with van der Waals surface area (Å²) in [7, 11) is 0. The second-order valence-electron chi connectivity index (χ2n) is 5.52. The average Bonchev–Trinajstić information content (AvgIpc) is 2.44. The molecule has 0 aromatic carbocycles. The molecule has 0 aliphatic heterocycles. The van der Waals surface area contributed by atoms with Gasteiger partial charge in [0.25, 0.3) is 0 Å². The number of Topliss-reactive ketones (excluding diaryl/α,β-unsaturated/α-hetero) is 1. The molecular weight excluding hydrogens is 302 g/mol. The maximum absolute atomic E-state index is 11.9. The lowest BCUT2D eigenvalue weighted by Crippen LogP contribution is -2.42. The van der Waals surface area contributed by atoms with Gasteiger partial charge in [-0.1, -0.05) is 13.8 Å². The number of carbonyl (C=O) groups excluding carboxylic acids is 4. The van der Waals surface area contributed by atoms with E-state index >= 15 is 0 Å². The number of carbonyl (C=O) groups is 4. The lowest BCUT2D eigenvalue weighted by Gasteiger charge is -2.18. The summed E-state index contributed by atoms with van der Waals surface area (Å²) < 4.78 is 9.59. The Bertz CT molecular complexity index is 419. The summed E-state index contributed by atoms with van der Waals surface area (Å²) in [5.74, 6) is -1.65. The fourth-order valence-electron chi connectivity index (χ4n) is 1.91. The first-order valence-corrected chi connectivity index (χ1v) is 7.93. The first-order chi connectivity index (χ1) is 10.8. The third-order valence-corrected chi connectivity index (χ3v) is 2.89. The maximum atomic E-state index is 11.9. The van der Waals surface area contributed by atoms with Crippen LogP contribution in [0.1, 0.15) is 53.4 Å². The molecule has 0 aromatic rings. The van der Waals surface area contributed by atoms with Crippen molar-refractivity contribution in [2.75, 3.05) is 13.2 Å². The van der Waals surface area contributed by atoms with Crippen molar-refractivity contribution in [3.63, 3.8) is 0 Å². The summed E-state index contributed by atoms with van der Waals surface area (Å²) in [6, 6.07) is -0.720. The van der Waals surface area contributed by atoms with Crippen molar-refractivity contribution in [1.29, 1.82) is 0 Å². The molecule has 0 rings (SSSR count). The predicted octanol–water partition coefficient (Wildman–Crippen LogP) is 1.38. The van der Waals surface area contributed by atoms with Crippen LogP contribution in [-0.2, 0) is 28.7 Å². The largest absolute Gasteiger partial charge is 0.466 e. The van der Waals surface area contributed by atoms with Gasteiger partial charge in [-0.15, -0.1) is 0 Å². The lowest BCUT2D eigenvalue weighted by molar-refractivity contribution is -0.147. The Balaban J connectivity index is 4.33. The third kappa shape index (κ3) is 10.4. The van der Waals surface area contributed by atoms with E-state index in [-0.39, 0.29) is 44.2 Å². The Labute approximate surface area is 137 Å². The van der Waals surface area contributed by atoms with Crippen LogP contribution in [0.25, 0.3) is 0 Å². The van der Waals surface area contributed by atoms with E-state index in [1.54, 1.807) is 13.8 Å². The summed E-state index contributed by atoms with van der Waals surface area (Å²) in [4.78, 5) is 46.4. The van der Waals surface area contributed by atoms with Crippen LogP contribution in [0, 0.1) is 5.92 Å². The molecule has 0 aliphatic rings. The Hall–Kier alpha value is -1.92. The van der Waals surface area contributed by atoms with E-state index in [1.807, 2.05) is 13.8 Å². The zero-order valence-corrected chi connectivity index (χ0v) is 14.3. The van der Waals surface area contributed by atoms with Gasteiger partial charge in [-0.25, -0.2) is 4.79 Å². The van der Waals surface area contributed by atoms with Gasteiger partial charge in [-0.05, 0) is 26.2 Å². The van der Waals surface area contributed by atoms with Crippen LogP contribution in [0.4, 0.5) is 0 Å². The molecule has 0 fully saturated rings. The van der Waals surface area contributed by atoms with E-state index in [4.69, 9.17) is 4.74 Å². The molecular formula is C16H27NO6. The van der Waals surface area contributed by atoms with Gasteiger partial charge in [-0.2, -0.15) is 0 Å². The van der Waals surface area contributed by atoms with Crippen molar-refractivity contribution in [1.82, 2.24) is 5.32 Å². The Morgan fingerprint density at radius 1 is 0.957 bits per heavy atom. The topological polar surface area (TPSA) is 98.8 Å². The summed E-state index contributed by atoms with van der Waals surface area (Å²) in [6.45, 7) is 7.66. The van der Waals surface area contributed by atoms with E-state index < -0.39 is 23.9 Å². The van der Waals surface area contributed by atoms with E-state index in [9.17, 15) is 19.2 Å². The van der Waals surface area contributed by atoms with Crippen molar-refractivity contribution in [2.24, 2.45) is 5.92 Å². The number of esters is 2. The fourth-order valence-corrected chi connectivity index (χ4v) is 1.91. The number of amides is 1. The van der Waals surface area contributed by atoms with E-state index in [0.717, 1.165) is 0 Å². The molecule has 0 aliphatic carbocycles. The Morgan fingerprint density at radius 3 is 2.09 bits per heavy atom. The molecule has 1 unspecified atom stereocenters. The van der Waals surface area contributed by atoms with Gasteiger partial charge in [0.2, 0.25) is 5.91 Å². The van der Waals surface area contributed by atoms with Crippen molar-refractivity contribution in [2.45, 2.75) is 59.4 Å². The average molecular weight is 329 g/mol. The monoisotopic (exact) mass is 329 g/mol. The van der Waals surface area contributed by atoms with Gasteiger partial charge in [0.05, 0.1) is 13.2 Å². The molecule has 0 bridgehead atoms. The highest BCUT2D eigenvalue weighted by atomic mass is 16.5. The normalized spacial score (nSPS) is 11.7. The molecule has 1 amide bonds. The molecule has 7 heteroatoms. The lowest BCUT2D eigenvalue weighted by atomic mass is 10.0. The summed E-state index contributed by atoms with van der Waals surface area (Å²) in [5.41, 5.74) is 0. The van der Waals surface area contributed by atoms with Crippen LogP contribution >= 0.6 is 0 Å². The van der Waals surface area contributed by atoms with Crippen LogP contribution in [0.3, 0.4) is 0 Å². The third-order valence-electron chi connectivity index (χ3n) is 2.89. The maximum Gasteiger partial charge on any atom is 0.328 e. The highest BCUT2D eigenvalue weighted by molar-refractivity contribution is 5.97.